The van der Waals surface area contributed by atoms with Gasteiger partial charge in [0, 0.05) is 10.7 Å². The average molecular weight is 413 g/mol. The van der Waals surface area contributed by atoms with Crippen LogP contribution in [0.25, 0.3) is 0 Å². The molecular formula is C15H11Cl5N2O. The van der Waals surface area contributed by atoms with Gasteiger partial charge >= 0.3 is 0 Å². The van der Waals surface area contributed by atoms with Crippen LogP contribution in [-0.4, -0.2) is 15.9 Å². The van der Waals surface area contributed by atoms with Crippen molar-refractivity contribution < 1.29 is 4.79 Å². The third-order valence-electron chi connectivity index (χ3n) is 2.86. The second-order valence-corrected chi connectivity index (χ2v) is 7.80. The van der Waals surface area contributed by atoms with Crippen molar-refractivity contribution in [2.24, 2.45) is 0 Å². The Balaban J connectivity index is 2.19. The molecule has 2 rings (SSSR count). The van der Waals surface area contributed by atoms with Crippen molar-refractivity contribution in [1.29, 1.82) is 0 Å². The summed E-state index contributed by atoms with van der Waals surface area (Å²) in [6.07, 6.45) is -0.964. The predicted octanol–water partition coefficient (Wildman–Crippen LogP) is 5.53. The van der Waals surface area contributed by atoms with E-state index in [9.17, 15) is 4.79 Å². The minimum atomic E-state index is -1.77. The van der Waals surface area contributed by atoms with Crippen molar-refractivity contribution in [2.45, 2.75) is 9.96 Å². The Labute approximate surface area is 158 Å². The molecule has 0 saturated carbocycles. The number of carbonyl (C=O) groups is 1. The Hall–Kier alpha value is -0.840. The first-order chi connectivity index (χ1) is 10.8. The summed E-state index contributed by atoms with van der Waals surface area (Å²) in [5.41, 5.74) is 0.913. The standard InChI is InChI=1S/C15H11Cl5N2O/c16-9-6-7-11(12(17)8-9)13(23)22-14(15(18,19)20)21-10-4-2-1-3-5-10/h1-8,14,21H,(H,22,23). The zero-order valence-corrected chi connectivity index (χ0v) is 15.3. The van der Waals surface area contributed by atoms with Gasteiger partial charge in [0.25, 0.3) is 5.91 Å². The van der Waals surface area contributed by atoms with Crippen LogP contribution in [0.1, 0.15) is 10.4 Å². The van der Waals surface area contributed by atoms with Crippen LogP contribution in [0.4, 0.5) is 5.69 Å². The van der Waals surface area contributed by atoms with Gasteiger partial charge in [-0.3, -0.25) is 4.79 Å². The van der Waals surface area contributed by atoms with Gasteiger partial charge in [0.05, 0.1) is 10.6 Å². The third kappa shape index (κ3) is 5.33. The highest BCUT2D eigenvalue weighted by Gasteiger charge is 2.34. The number of anilines is 1. The molecule has 8 heteroatoms. The van der Waals surface area contributed by atoms with Crippen LogP contribution in [0, 0.1) is 0 Å². The molecule has 2 N–H and O–H groups in total. The SMILES string of the molecule is O=C(NC(Nc1ccccc1)C(Cl)(Cl)Cl)c1ccc(Cl)cc1Cl. The lowest BCUT2D eigenvalue weighted by Gasteiger charge is -2.27. The molecule has 122 valence electrons. The summed E-state index contributed by atoms with van der Waals surface area (Å²) >= 11 is 29.7. The van der Waals surface area contributed by atoms with E-state index in [-0.39, 0.29) is 10.6 Å². The molecule has 0 fully saturated rings. The molecule has 23 heavy (non-hydrogen) atoms. The van der Waals surface area contributed by atoms with Crippen molar-refractivity contribution in [3.63, 3.8) is 0 Å². The van der Waals surface area contributed by atoms with E-state index in [2.05, 4.69) is 10.6 Å². The average Bonchev–Trinajstić information content (AvgIpc) is 2.46. The first-order valence-electron chi connectivity index (χ1n) is 6.41. The van der Waals surface area contributed by atoms with E-state index < -0.39 is 15.9 Å². The van der Waals surface area contributed by atoms with Gasteiger partial charge in [-0.15, -0.1) is 0 Å². The fraction of sp³-hybridized carbons (Fsp3) is 0.133. The Kier molecular flexibility index (Phi) is 6.29. The van der Waals surface area contributed by atoms with Crippen LogP contribution in [0.2, 0.25) is 10.0 Å². The van der Waals surface area contributed by atoms with Gasteiger partial charge < -0.3 is 10.6 Å². The minimum absolute atomic E-state index is 0.206. The highest BCUT2D eigenvalue weighted by Crippen LogP contribution is 2.31. The van der Waals surface area contributed by atoms with Crippen molar-refractivity contribution in [1.82, 2.24) is 5.32 Å². The summed E-state index contributed by atoms with van der Waals surface area (Å²) < 4.78 is -1.77. The topological polar surface area (TPSA) is 41.1 Å². The molecule has 0 bridgehead atoms. The molecule has 1 unspecified atom stereocenters. The summed E-state index contributed by atoms with van der Waals surface area (Å²) in [6, 6.07) is 13.6. The van der Waals surface area contributed by atoms with Crippen LogP contribution in [-0.2, 0) is 0 Å². The van der Waals surface area contributed by atoms with Gasteiger partial charge in [0.2, 0.25) is 3.79 Å². The monoisotopic (exact) mass is 410 g/mol. The van der Waals surface area contributed by atoms with E-state index in [4.69, 9.17) is 58.0 Å². The van der Waals surface area contributed by atoms with E-state index in [1.54, 1.807) is 18.2 Å². The normalized spacial score (nSPS) is 12.6. The second kappa shape index (κ2) is 7.82. The number of hydrogen-bond donors (Lipinski definition) is 2. The first-order valence-corrected chi connectivity index (χ1v) is 8.30. The summed E-state index contributed by atoms with van der Waals surface area (Å²) in [6.45, 7) is 0. The molecule has 0 radical (unpaired) electrons. The predicted molar refractivity (Wildman–Crippen MR) is 98.1 cm³/mol. The first kappa shape index (κ1) is 18.5. The summed E-state index contributed by atoms with van der Waals surface area (Å²) in [7, 11) is 0. The van der Waals surface area contributed by atoms with Gasteiger partial charge in [-0.05, 0) is 30.3 Å². The summed E-state index contributed by atoms with van der Waals surface area (Å²) in [5, 5.41) is 6.19. The number of para-hydroxylation sites is 1. The van der Waals surface area contributed by atoms with Crippen molar-refractivity contribution in [3.05, 3.63) is 64.1 Å². The molecule has 0 aliphatic heterocycles. The molecule has 0 spiro atoms. The summed E-state index contributed by atoms with van der Waals surface area (Å²) in [5.74, 6) is -0.494. The van der Waals surface area contributed by atoms with Gasteiger partial charge in [-0.25, -0.2) is 0 Å². The van der Waals surface area contributed by atoms with Crippen LogP contribution >= 0.6 is 58.0 Å². The number of benzene rings is 2. The van der Waals surface area contributed by atoms with Crippen molar-refractivity contribution in [2.75, 3.05) is 5.32 Å². The fourth-order valence-electron chi connectivity index (χ4n) is 1.78. The number of rotatable bonds is 4. The molecule has 2 aromatic rings. The largest absolute Gasteiger partial charge is 0.362 e. The van der Waals surface area contributed by atoms with E-state index in [1.807, 2.05) is 18.2 Å². The van der Waals surface area contributed by atoms with Crippen LogP contribution < -0.4 is 10.6 Å². The molecule has 0 saturated heterocycles. The van der Waals surface area contributed by atoms with Gasteiger partial charge in [0.1, 0.15) is 6.17 Å². The van der Waals surface area contributed by atoms with Crippen molar-refractivity contribution >= 4 is 69.6 Å². The van der Waals surface area contributed by atoms with Crippen molar-refractivity contribution in [3.8, 4) is 0 Å². The third-order valence-corrected chi connectivity index (χ3v) is 4.07. The highest BCUT2D eigenvalue weighted by atomic mass is 35.6. The van der Waals surface area contributed by atoms with Crippen LogP contribution in [0.3, 0.4) is 0 Å². The van der Waals surface area contributed by atoms with E-state index in [0.29, 0.717) is 10.7 Å². The second-order valence-electron chi connectivity index (χ2n) is 4.58. The minimum Gasteiger partial charge on any atom is -0.362 e. The highest BCUT2D eigenvalue weighted by molar-refractivity contribution is 6.68. The number of hydrogen-bond acceptors (Lipinski definition) is 2. The van der Waals surface area contributed by atoms with Gasteiger partial charge in [-0.2, -0.15) is 0 Å². The molecule has 0 aliphatic rings. The number of alkyl halides is 3. The molecule has 0 aromatic heterocycles. The maximum absolute atomic E-state index is 12.4. The molecule has 0 aliphatic carbocycles. The fourth-order valence-corrected chi connectivity index (χ4v) is 2.60. The molecular weight excluding hydrogens is 401 g/mol. The van der Waals surface area contributed by atoms with Gasteiger partial charge in [0.15, 0.2) is 0 Å². The lowest BCUT2D eigenvalue weighted by atomic mass is 10.2. The Bertz CT molecular complexity index is 688. The number of halogens is 5. The lowest BCUT2D eigenvalue weighted by Crippen LogP contribution is -2.49. The quantitative estimate of drug-likeness (QED) is 0.512. The molecule has 2 aromatic carbocycles. The number of nitrogens with one attached hydrogen (secondary N) is 2. The van der Waals surface area contributed by atoms with E-state index >= 15 is 0 Å². The zero-order valence-electron chi connectivity index (χ0n) is 11.5. The Morgan fingerprint density at radius 2 is 1.65 bits per heavy atom. The number of amides is 1. The molecule has 1 atom stereocenters. The smallest absolute Gasteiger partial charge is 0.254 e. The molecule has 3 nitrogen and oxygen atoms in total. The molecule has 1 amide bonds. The number of carbonyl (C=O) groups excluding carboxylic acids is 1. The van der Waals surface area contributed by atoms with E-state index in [1.165, 1.54) is 12.1 Å². The maximum atomic E-state index is 12.4. The molecule has 0 heterocycles. The summed E-state index contributed by atoms with van der Waals surface area (Å²) in [4.78, 5) is 12.4. The Morgan fingerprint density at radius 3 is 2.22 bits per heavy atom. The van der Waals surface area contributed by atoms with Crippen LogP contribution in [0.15, 0.2) is 48.5 Å². The van der Waals surface area contributed by atoms with E-state index in [0.717, 1.165) is 0 Å². The maximum Gasteiger partial charge on any atom is 0.254 e. The lowest BCUT2D eigenvalue weighted by molar-refractivity contribution is 0.0942. The Morgan fingerprint density at radius 1 is 1.00 bits per heavy atom. The van der Waals surface area contributed by atoms with Crippen LogP contribution in [0.5, 0.6) is 0 Å². The van der Waals surface area contributed by atoms with Gasteiger partial charge in [-0.1, -0.05) is 76.2 Å². The zero-order chi connectivity index (χ0) is 17.0.